The molecule has 0 unspecified atom stereocenters. The minimum absolute atomic E-state index is 0.266. The molecule has 0 amide bonds. The van der Waals surface area contributed by atoms with Gasteiger partial charge in [0, 0.05) is 0 Å². The Hall–Kier alpha value is -1.88. The average Bonchev–Trinajstić information content (AvgIpc) is 2.91. The highest BCUT2D eigenvalue weighted by molar-refractivity contribution is 5.28. The number of hydrogen-bond acceptors (Lipinski definition) is 3. The van der Waals surface area contributed by atoms with Gasteiger partial charge in [-0.25, -0.2) is 4.39 Å². The van der Waals surface area contributed by atoms with E-state index in [1.54, 1.807) is 18.3 Å². The zero-order valence-corrected chi connectivity index (χ0v) is 10.6. The van der Waals surface area contributed by atoms with Crippen LogP contribution >= 0.6 is 0 Å². The maximum atomic E-state index is 12.8. The fraction of sp³-hybridized carbons (Fsp3) is 0.357. The summed E-state index contributed by atoms with van der Waals surface area (Å²) >= 11 is 0. The smallest absolute Gasteiger partial charge is 0.165 e. The van der Waals surface area contributed by atoms with Crippen molar-refractivity contribution in [3.05, 3.63) is 42.5 Å². The number of hydrogen-bond donors (Lipinski definition) is 1. The van der Waals surface area contributed by atoms with Gasteiger partial charge < -0.3 is 10.1 Å². The Bertz CT molecular complexity index is 532. The molecule has 1 saturated heterocycles. The van der Waals surface area contributed by atoms with Crippen LogP contribution in [0.2, 0.25) is 0 Å². The third-order valence-corrected chi connectivity index (χ3v) is 3.31. The molecule has 1 aromatic carbocycles. The summed E-state index contributed by atoms with van der Waals surface area (Å²) in [5.74, 6) is 1.04. The molecule has 1 aliphatic rings. The van der Waals surface area contributed by atoms with Crippen molar-refractivity contribution in [2.45, 2.75) is 18.9 Å². The van der Waals surface area contributed by atoms with Crippen molar-refractivity contribution < 1.29 is 9.13 Å². The fourth-order valence-corrected chi connectivity index (χ4v) is 2.28. The lowest BCUT2D eigenvalue weighted by Gasteiger charge is -2.22. The summed E-state index contributed by atoms with van der Waals surface area (Å²) in [7, 11) is 0. The van der Waals surface area contributed by atoms with Crippen LogP contribution in [0.1, 0.15) is 18.9 Å². The number of rotatable bonds is 3. The molecule has 1 aliphatic heterocycles. The van der Waals surface area contributed by atoms with Gasteiger partial charge in [0.05, 0.1) is 18.4 Å². The lowest BCUT2D eigenvalue weighted by atomic mass is 10.1. The molecule has 2 aromatic rings. The summed E-state index contributed by atoms with van der Waals surface area (Å²) in [6, 6.07) is 6.42. The van der Waals surface area contributed by atoms with Crippen molar-refractivity contribution in [2.24, 2.45) is 0 Å². The normalized spacial score (nSPS) is 16.5. The van der Waals surface area contributed by atoms with Gasteiger partial charge in [-0.2, -0.15) is 5.10 Å². The van der Waals surface area contributed by atoms with Gasteiger partial charge >= 0.3 is 0 Å². The number of halogens is 1. The molecular weight excluding hydrogens is 245 g/mol. The fourth-order valence-electron chi connectivity index (χ4n) is 2.28. The average molecular weight is 261 g/mol. The highest BCUT2D eigenvalue weighted by atomic mass is 19.1. The summed E-state index contributed by atoms with van der Waals surface area (Å²) in [4.78, 5) is 0. The van der Waals surface area contributed by atoms with E-state index in [0.29, 0.717) is 17.5 Å². The highest BCUT2D eigenvalue weighted by Gasteiger charge is 2.16. The van der Waals surface area contributed by atoms with E-state index in [1.807, 2.05) is 10.9 Å². The van der Waals surface area contributed by atoms with Crippen molar-refractivity contribution in [3.8, 4) is 11.5 Å². The van der Waals surface area contributed by atoms with Crippen LogP contribution in [0.5, 0.6) is 11.5 Å². The topological polar surface area (TPSA) is 39.1 Å². The third-order valence-electron chi connectivity index (χ3n) is 3.31. The molecule has 1 aromatic heterocycles. The first kappa shape index (κ1) is 12.2. The van der Waals surface area contributed by atoms with Crippen molar-refractivity contribution in [1.82, 2.24) is 15.1 Å². The molecule has 0 bridgehead atoms. The summed E-state index contributed by atoms with van der Waals surface area (Å²) in [6.07, 6.45) is 5.76. The second-order valence-electron chi connectivity index (χ2n) is 4.69. The molecule has 0 atom stereocenters. The Morgan fingerprint density at radius 2 is 1.89 bits per heavy atom. The quantitative estimate of drug-likeness (QED) is 0.923. The maximum absolute atomic E-state index is 12.8. The molecule has 4 nitrogen and oxygen atoms in total. The minimum atomic E-state index is -0.266. The number of benzene rings is 1. The van der Waals surface area contributed by atoms with Crippen molar-refractivity contribution in [2.75, 3.05) is 13.1 Å². The van der Waals surface area contributed by atoms with Gasteiger partial charge in [-0.15, -0.1) is 0 Å². The van der Waals surface area contributed by atoms with Gasteiger partial charge in [-0.05, 0) is 50.2 Å². The standard InChI is InChI=1S/C14H16FN3O/c15-11-1-3-13(4-2-11)19-14-9-17-18(10-14)12-5-7-16-8-6-12/h1-4,9-10,12,16H,5-8H2. The van der Waals surface area contributed by atoms with Crippen LogP contribution in [0.4, 0.5) is 4.39 Å². The SMILES string of the molecule is Fc1ccc(Oc2cnn(C3CCNCC3)c2)cc1. The van der Waals surface area contributed by atoms with E-state index in [9.17, 15) is 4.39 Å². The van der Waals surface area contributed by atoms with Crippen LogP contribution in [0.3, 0.4) is 0 Å². The second-order valence-corrected chi connectivity index (χ2v) is 4.69. The van der Waals surface area contributed by atoms with E-state index >= 15 is 0 Å². The second kappa shape index (κ2) is 5.40. The van der Waals surface area contributed by atoms with Crippen LogP contribution in [0.15, 0.2) is 36.7 Å². The molecule has 3 rings (SSSR count). The first-order valence-electron chi connectivity index (χ1n) is 6.49. The number of aromatic nitrogens is 2. The van der Waals surface area contributed by atoms with Gasteiger partial charge in [-0.3, -0.25) is 4.68 Å². The lowest BCUT2D eigenvalue weighted by molar-refractivity contribution is 0.342. The van der Waals surface area contributed by atoms with Crippen molar-refractivity contribution in [1.29, 1.82) is 0 Å². The lowest BCUT2D eigenvalue weighted by Crippen LogP contribution is -2.29. The molecular formula is C14H16FN3O. The number of nitrogens with one attached hydrogen (secondary N) is 1. The van der Waals surface area contributed by atoms with Crippen LogP contribution in [-0.4, -0.2) is 22.9 Å². The molecule has 0 aliphatic carbocycles. The molecule has 0 saturated carbocycles. The Labute approximate surface area is 111 Å². The van der Waals surface area contributed by atoms with Gasteiger partial charge in [0.25, 0.3) is 0 Å². The molecule has 1 N–H and O–H groups in total. The largest absolute Gasteiger partial charge is 0.454 e. The van der Waals surface area contributed by atoms with Crippen molar-refractivity contribution >= 4 is 0 Å². The van der Waals surface area contributed by atoms with Crippen LogP contribution < -0.4 is 10.1 Å². The Balaban J connectivity index is 1.68. The first-order valence-corrected chi connectivity index (χ1v) is 6.49. The van der Waals surface area contributed by atoms with Crippen LogP contribution in [-0.2, 0) is 0 Å². The minimum Gasteiger partial charge on any atom is -0.454 e. The summed E-state index contributed by atoms with van der Waals surface area (Å²) in [5, 5.41) is 7.67. The molecule has 0 radical (unpaired) electrons. The van der Waals surface area contributed by atoms with E-state index in [2.05, 4.69) is 10.4 Å². The highest BCUT2D eigenvalue weighted by Crippen LogP contribution is 2.24. The number of piperidine rings is 1. The van der Waals surface area contributed by atoms with Crippen LogP contribution in [0, 0.1) is 5.82 Å². The predicted octanol–water partition coefficient (Wildman–Crippen LogP) is 2.74. The Morgan fingerprint density at radius 3 is 2.63 bits per heavy atom. The molecule has 2 heterocycles. The number of nitrogens with zero attached hydrogens (tertiary/aromatic N) is 2. The van der Waals surface area contributed by atoms with Crippen molar-refractivity contribution in [3.63, 3.8) is 0 Å². The zero-order chi connectivity index (χ0) is 13.1. The predicted molar refractivity (Wildman–Crippen MR) is 69.8 cm³/mol. The number of ether oxygens (including phenoxy) is 1. The van der Waals surface area contributed by atoms with Gasteiger partial charge in [-0.1, -0.05) is 0 Å². The monoisotopic (exact) mass is 261 g/mol. The summed E-state index contributed by atoms with van der Waals surface area (Å²) in [5.41, 5.74) is 0. The van der Waals surface area contributed by atoms with E-state index < -0.39 is 0 Å². The van der Waals surface area contributed by atoms with E-state index in [4.69, 9.17) is 4.74 Å². The van der Waals surface area contributed by atoms with E-state index in [1.165, 1.54) is 12.1 Å². The molecule has 19 heavy (non-hydrogen) atoms. The first-order chi connectivity index (χ1) is 9.31. The van der Waals surface area contributed by atoms with Gasteiger partial charge in [0.15, 0.2) is 5.75 Å². The Morgan fingerprint density at radius 1 is 1.16 bits per heavy atom. The van der Waals surface area contributed by atoms with E-state index in [0.717, 1.165) is 25.9 Å². The van der Waals surface area contributed by atoms with Gasteiger partial charge in [0.1, 0.15) is 11.6 Å². The molecule has 5 heteroatoms. The maximum Gasteiger partial charge on any atom is 0.165 e. The zero-order valence-electron chi connectivity index (χ0n) is 10.6. The molecule has 1 fully saturated rings. The summed E-state index contributed by atoms with van der Waals surface area (Å²) in [6.45, 7) is 2.05. The Kier molecular flexibility index (Phi) is 3.46. The van der Waals surface area contributed by atoms with Crippen LogP contribution in [0.25, 0.3) is 0 Å². The molecule has 100 valence electrons. The third kappa shape index (κ3) is 2.93. The molecule has 0 spiro atoms. The summed E-state index contributed by atoms with van der Waals surface area (Å²) < 4.78 is 20.4. The van der Waals surface area contributed by atoms with E-state index in [-0.39, 0.29) is 5.82 Å². The van der Waals surface area contributed by atoms with Gasteiger partial charge in [0.2, 0.25) is 0 Å².